The van der Waals surface area contributed by atoms with Crippen molar-refractivity contribution in [2.45, 2.75) is 13.3 Å². The second-order valence-corrected chi connectivity index (χ2v) is 5.51. The molecular weight excluding hydrogens is 295 g/mol. The Morgan fingerprint density at radius 3 is 2.30 bits per heavy atom. The van der Waals surface area contributed by atoms with E-state index in [4.69, 9.17) is 0 Å². The second kappa shape index (κ2) is 6.73. The molecule has 0 N–H and O–H groups in total. The molecule has 1 aromatic heterocycles. The standard InChI is InChI=1S/C17H19FN4O/c1-2-17(23)22-11-9-21(10-12-22)16-8-7-15(19-20-16)13-3-5-14(18)6-4-13/h3-8H,2,9-12H2,1H3. The number of benzene rings is 1. The van der Waals surface area contributed by atoms with Crippen molar-refractivity contribution in [2.75, 3.05) is 31.1 Å². The summed E-state index contributed by atoms with van der Waals surface area (Å²) >= 11 is 0. The van der Waals surface area contributed by atoms with Gasteiger partial charge in [-0.05, 0) is 36.4 Å². The van der Waals surface area contributed by atoms with Crippen molar-refractivity contribution in [3.63, 3.8) is 0 Å². The van der Waals surface area contributed by atoms with Crippen LogP contribution in [-0.4, -0.2) is 47.2 Å². The Bertz CT molecular complexity index is 664. The lowest BCUT2D eigenvalue weighted by molar-refractivity contribution is -0.131. The number of anilines is 1. The van der Waals surface area contributed by atoms with Gasteiger partial charge in [0.2, 0.25) is 5.91 Å². The summed E-state index contributed by atoms with van der Waals surface area (Å²) in [6.07, 6.45) is 0.548. The zero-order chi connectivity index (χ0) is 16.2. The topological polar surface area (TPSA) is 49.3 Å². The zero-order valence-corrected chi connectivity index (χ0v) is 13.1. The summed E-state index contributed by atoms with van der Waals surface area (Å²) in [6.45, 7) is 4.84. The van der Waals surface area contributed by atoms with Crippen LogP contribution in [-0.2, 0) is 4.79 Å². The van der Waals surface area contributed by atoms with Crippen molar-refractivity contribution in [3.8, 4) is 11.3 Å². The van der Waals surface area contributed by atoms with Crippen LogP contribution in [0.3, 0.4) is 0 Å². The van der Waals surface area contributed by atoms with E-state index in [1.165, 1.54) is 12.1 Å². The van der Waals surface area contributed by atoms with Gasteiger partial charge in [0, 0.05) is 38.2 Å². The van der Waals surface area contributed by atoms with E-state index in [2.05, 4.69) is 15.1 Å². The number of carbonyl (C=O) groups excluding carboxylic acids is 1. The minimum atomic E-state index is -0.266. The molecular formula is C17H19FN4O. The smallest absolute Gasteiger partial charge is 0.222 e. The van der Waals surface area contributed by atoms with Gasteiger partial charge in [0.1, 0.15) is 5.82 Å². The normalized spacial score (nSPS) is 14.9. The number of hydrogen-bond donors (Lipinski definition) is 0. The lowest BCUT2D eigenvalue weighted by Crippen LogP contribution is -2.48. The molecule has 0 atom stereocenters. The molecule has 2 heterocycles. The van der Waals surface area contributed by atoms with Gasteiger partial charge < -0.3 is 9.80 Å². The fraction of sp³-hybridized carbons (Fsp3) is 0.353. The van der Waals surface area contributed by atoms with E-state index < -0.39 is 0 Å². The predicted molar refractivity (Wildman–Crippen MR) is 86.5 cm³/mol. The van der Waals surface area contributed by atoms with Crippen LogP contribution >= 0.6 is 0 Å². The molecule has 1 aromatic carbocycles. The van der Waals surface area contributed by atoms with Crippen molar-refractivity contribution in [1.82, 2.24) is 15.1 Å². The maximum atomic E-state index is 13.0. The molecule has 0 unspecified atom stereocenters. The minimum Gasteiger partial charge on any atom is -0.352 e. The van der Waals surface area contributed by atoms with Gasteiger partial charge in [0.25, 0.3) is 0 Å². The van der Waals surface area contributed by atoms with Gasteiger partial charge in [-0.2, -0.15) is 0 Å². The van der Waals surface area contributed by atoms with Gasteiger partial charge in [-0.1, -0.05) is 6.92 Å². The summed E-state index contributed by atoms with van der Waals surface area (Å²) in [5.41, 5.74) is 1.55. The third kappa shape index (κ3) is 3.47. The number of carbonyl (C=O) groups is 1. The first-order chi connectivity index (χ1) is 11.2. The molecule has 1 amide bonds. The molecule has 23 heavy (non-hydrogen) atoms. The van der Waals surface area contributed by atoms with E-state index in [1.807, 2.05) is 24.0 Å². The zero-order valence-electron chi connectivity index (χ0n) is 13.1. The predicted octanol–water partition coefficient (Wildman–Crippen LogP) is 2.34. The number of amides is 1. The molecule has 2 aromatic rings. The van der Waals surface area contributed by atoms with E-state index in [1.54, 1.807) is 12.1 Å². The van der Waals surface area contributed by atoms with Gasteiger partial charge >= 0.3 is 0 Å². The van der Waals surface area contributed by atoms with Gasteiger partial charge in [-0.3, -0.25) is 4.79 Å². The molecule has 1 aliphatic rings. The Balaban J connectivity index is 1.66. The summed E-state index contributed by atoms with van der Waals surface area (Å²) in [4.78, 5) is 15.7. The molecule has 1 aliphatic heterocycles. The summed E-state index contributed by atoms with van der Waals surface area (Å²) in [5, 5.41) is 8.50. The average molecular weight is 314 g/mol. The first kappa shape index (κ1) is 15.4. The maximum Gasteiger partial charge on any atom is 0.222 e. The Hall–Kier alpha value is -2.50. The second-order valence-electron chi connectivity index (χ2n) is 5.51. The third-order valence-electron chi connectivity index (χ3n) is 4.05. The highest BCUT2D eigenvalue weighted by Gasteiger charge is 2.20. The number of aromatic nitrogens is 2. The number of rotatable bonds is 3. The monoisotopic (exact) mass is 314 g/mol. The van der Waals surface area contributed by atoms with Gasteiger partial charge in [-0.25, -0.2) is 4.39 Å². The minimum absolute atomic E-state index is 0.197. The fourth-order valence-corrected chi connectivity index (χ4v) is 2.68. The van der Waals surface area contributed by atoms with Crippen LogP contribution in [0.5, 0.6) is 0 Å². The molecule has 1 saturated heterocycles. The molecule has 0 aliphatic carbocycles. The Kier molecular flexibility index (Phi) is 4.50. The van der Waals surface area contributed by atoms with Crippen molar-refractivity contribution in [2.24, 2.45) is 0 Å². The van der Waals surface area contributed by atoms with Crippen LogP contribution in [0.1, 0.15) is 13.3 Å². The van der Waals surface area contributed by atoms with Crippen molar-refractivity contribution < 1.29 is 9.18 Å². The van der Waals surface area contributed by atoms with Crippen molar-refractivity contribution in [3.05, 3.63) is 42.2 Å². The maximum absolute atomic E-state index is 13.0. The molecule has 0 saturated carbocycles. The molecule has 0 bridgehead atoms. The van der Waals surface area contributed by atoms with Crippen LogP contribution < -0.4 is 4.90 Å². The first-order valence-corrected chi connectivity index (χ1v) is 7.80. The molecule has 120 valence electrons. The number of halogens is 1. The quantitative estimate of drug-likeness (QED) is 0.872. The average Bonchev–Trinajstić information content (AvgIpc) is 2.62. The SMILES string of the molecule is CCC(=O)N1CCN(c2ccc(-c3ccc(F)cc3)nn2)CC1. The van der Waals surface area contributed by atoms with Crippen LogP contribution in [0.2, 0.25) is 0 Å². The van der Waals surface area contributed by atoms with Crippen LogP contribution in [0.25, 0.3) is 11.3 Å². The molecule has 1 fully saturated rings. The van der Waals surface area contributed by atoms with Crippen LogP contribution in [0.15, 0.2) is 36.4 Å². The van der Waals surface area contributed by atoms with Gasteiger partial charge in [0.15, 0.2) is 5.82 Å². The van der Waals surface area contributed by atoms with E-state index in [0.717, 1.165) is 24.5 Å². The highest BCUT2D eigenvalue weighted by atomic mass is 19.1. The lowest BCUT2D eigenvalue weighted by Gasteiger charge is -2.35. The summed E-state index contributed by atoms with van der Waals surface area (Å²) < 4.78 is 13.0. The van der Waals surface area contributed by atoms with Crippen LogP contribution in [0.4, 0.5) is 10.2 Å². The van der Waals surface area contributed by atoms with E-state index in [0.29, 0.717) is 25.2 Å². The third-order valence-corrected chi connectivity index (χ3v) is 4.05. The molecule has 6 heteroatoms. The summed E-state index contributed by atoms with van der Waals surface area (Å²) in [6, 6.07) is 10.0. The Morgan fingerprint density at radius 1 is 1.04 bits per heavy atom. The highest BCUT2D eigenvalue weighted by molar-refractivity contribution is 5.76. The van der Waals surface area contributed by atoms with Crippen molar-refractivity contribution >= 4 is 11.7 Å². The highest BCUT2D eigenvalue weighted by Crippen LogP contribution is 2.19. The van der Waals surface area contributed by atoms with Gasteiger partial charge in [-0.15, -0.1) is 10.2 Å². The van der Waals surface area contributed by atoms with E-state index >= 15 is 0 Å². The molecule has 5 nitrogen and oxygen atoms in total. The number of piperazine rings is 1. The molecule has 0 spiro atoms. The largest absolute Gasteiger partial charge is 0.352 e. The Morgan fingerprint density at radius 2 is 1.74 bits per heavy atom. The first-order valence-electron chi connectivity index (χ1n) is 7.80. The molecule has 0 radical (unpaired) electrons. The summed E-state index contributed by atoms with van der Waals surface area (Å²) in [5.74, 6) is 0.736. The number of hydrogen-bond acceptors (Lipinski definition) is 4. The van der Waals surface area contributed by atoms with Crippen molar-refractivity contribution in [1.29, 1.82) is 0 Å². The molecule has 3 rings (SSSR count). The Labute approximate surface area is 134 Å². The number of nitrogens with zero attached hydrogens (tertiary/aromatic N) is 4. The lowest BCUT2D eigenvalue weighted by atomic mass is 10.1. The fourth-order valence-electron chi connectivity index (χ4n) is 2.68. The van der Waals surface area contributed by atoms with Gasteiger partial charge in [0.05, 0.1) is 5.69 Å². The van der Waals surface area contributed by atoms with E-state index in [9.17, 15) is 9.18 Å². The van der Waals surface area contributed by atoms with Crippen LogP contribution in [0, 0.1) is 5.82 Å². The summed E-state index contributed by atoms with van der Waals surface area (Å²) in [7, 11) is 0. The van der Waals surface area contributed by atoms with E-state index in [-0.39, 0.29) is 11.7 Å².